The van der Waals surface area contributed by atoms with Crippen LogP contribution in [0.2, 0.25) is 0 Å². The van der Waals surface area contributed by atoms with E-state index < -0.39 is 11.9 Å². The lowest BCUT2D eigenvalue weighted by atomic mass is 9.85. The Kier molecular flexibility index (Phi) is 14.6. The lowest BCUT2D eigenvalue weighted by Crippen LogP contribution is -2.25. The van der Waals surface area contributed by atoms with E-state index in [2.05, 4.69) is 88.7 Å². The van der Waals surface area contributed by atoms with E-state index in [0.29, 0.717) is 29.7 Å². The van der Waals surface area contributed by atoms with Crippen molar-refractivity contribution in [3.05, 3.63) is 90.6 Å². The molecule has 60 heavy (non-hydrogen) atoms. The maximum atomic E-state index is 14.4. The van der Waals surface area contributed by atoms with E-state index in [1.165, 1.54) is 78.4 Å². The molecule has 1 aliphatic carbocycles. The third-order valence-electron chi connectivity index (χ3n) is 14.4. The number of esters is 2. The fourth-order valence-electron chi connectivity index (χ4n) is 10.2. The molecular formula is C51H72N4O5. The number of hydrogen-bond donors (Lipinski definition) is 4. The van der Waals surface area contributed by atoms with E-state index in [-0.39, 0.29) is 36.6 Å². The molecular weight excluding hydrogens is 749 g/mol. The van der Waals surface area contributed by atoms with Gasteiger partial charge in [-0.2, -0.15) is 0 Å². The predicted molar refractivity (Wildman–Crippen MR) is 242 cm³/mol. The van der Waals surface area contributed by atoms with Crippen molar-refractivity contribution in [3.8, 4) is 0 Å². The first-order valence-corrected chi connectivity index (χ1v) is 23.0. The molecule has 1 saturated heterocycles. The number of aromatic amines is 3. The standard InChI is InChI=1S/C51H72N4O5/c1-12-28(4)17-15-18-29(5)19-16-20-30(6)23-24-60-44(56)22-21-37-33(9)40-25-38-31(7)35(13-2)42(52-38)26-39-32(8)36(14-3)43(53-39)27-41-34(10)45-49(55-41)46(48(37)54-40)47(50(45)57)51(58)59-11/h23,25,28-29,33,37,47,52-55H,12-22,24,26-27H2,1-11H3/b30-23+,40-25-,48-46-/t28-,29-,33+,37+,47-/m1/s1. The monoisotopic (exact) mass is 821 g/mol. The van der Waals surface area contributed by atoms with Crippen molar-refractivity contribution in [1.29, 1.82) is 0 Å². The van der Waals surface area contributed by atoms with Gasteiger partial charge in [0.05, 0.1) is 12.8 Å². The first kappa shape index (κ1) is 45.0. The van der Waals surface area contributed by atoms with Gasteiger partial charge in [0.25, 0.3) is 0 Å². The van der Waals surface area contributed by atoms with Crippen LogP contribution >= 0.6 is 0 Å². The molecule has 3 aliphatic rings. The molecule has 4 N–H and O–H groups in total. The Morgan fingerprint density at radius 1 is 0.850 bits per heavy atom. The van der Waals surface area contributed by atoms with Crippen molar-refractivity contribution < 1.29 is 23.9 Å². The summed E-state index contributed by atoms with van der Waals surface area (Å²) >= 11 is 0. The van der Waals surface area contributed by atoms with Crippen LogP contribution in [0.3, 0.4) is 0 Å². The third kappa shape index (κ3) is 9.20. The van der Waals surface area contributed by atoms with Crippen LogP contribution in [-0.2, 0) is 44.7 Å². The van der Waals surface area contributed by atoms with Gasteiger partial charge in [-0.1, -0.05) is 79.2 Å². The van der Waals surface area contributed by atoms with Gasteiger partial charge in [0.2, 0.25) is 0 Å². The number of allylic oxidation sites excluding steroid dienone is 3. The minimum atomic E-state index is -1.11. The van der Waals surface area contributed by atoms with Crippen molar-refractivity contribution in [2.24, 2.45) is 29.6 Å². The molecule has 326 valence electrons. The second-order valence-corrected chi connectivity index (χ2v) is 18.3. The van der Waals surface area contributed by atoms with Gasteiger partial charge in [-0.05, 0) is 112 Å². The number of carbonyl (C=O) groups is 3. The number of ether oxygens (including phenoxy) is 2. The van der Waals surface area contributed by atoms with Crippen LogP contribution in [0.4, 0.5) is 0 Å². The van der Waals surface area contributed by atoms with Gasteiger partial charge in [-0.15, -0.1) is 0 Å². The summed E-state index contributed by atoms with van der Waals surface area (Å²) < 4.78 is 11.1. The first-order valence-electron chi connectivity index (χ1n) is 23.0. The van der Waals surface area contributed by atoms with Crippen LogP contribution in [-0.4, -0.2) is 46.4 Å². The number of methoxy groups -OCH3 is 1. The highest BCUT2D eigenvalue weighted by atomic mass is 16.5. The summed E-state index contributed by atoms with van der Waals surface area (Å²) in [6, 6.07) is 0. The fraction of sp³-hybridized carbons (Fsp3) is 0.588. The number of nitrogens with one attached hydrogen (secondary N) is 4. The predicted octanol–water partition coefficient (Wildman–Crippen LogP) is 11.1. The van der Waals surface area contributed by atoms with Crippen molar-refractivity contribution >= 4 is 29.4 Å². The second kappa shape index (κ2) is 19.5. The summed E-state index contributed by atoms with van der Waals surface area (Å²) in [5, 5.41) is 3.75. The van der Waals surface area contributed by atoms with E-state index in [4.69, 9.17) is 9.47 Å². The quantitative estimate of drug-likeness (QED) is 0.0610. The Morgan fingerprint density at radius 2 is 1.50 bits per heavy atom. The Balaban J connectivity index is 1.28. The number of H-pyrrole nitrogens is 3. The lowest BCUT2D eigenvalue weighted by Gasteiger charge is -2.19. The van der Waals surface area contributed by atoms with E-state index >= 15 is 0 Å². The molecule has 9 heteroatoms. The zero-order chi connectivity index (χ0) is 43.4. The molecule has 3 aromatic rings. The number of carbonyl (C=O) groups excluding carboxylic acids is 3. The zero-order valence-electron chi connectivity index (χ0n) is 38.5. The van der Waals surface area contributed by atoms with Crippen molar-refractivity contribution in [1.82, 2.24) is 20.3 Å². The molecule has 1 fully saturated rings. The van der Waals surface area contributed by atoms with Gasteiger partial charge in [-0.25, -0.2) is 0 Å². The number of aromatic nitrogens is 3. The summed E-state index contributed by atoms with van der Waals surface area (Å²) in [5.74, 6) is -0.868. The summed E-state index contributed by atoms with van der Waals surface area (Å²) in [5.41, 5.74) is 16.4. The molecule has 0 amide bonds. The van der Waals surface area contributed by atoms with Gasteiger partial charge in [0.15, 0.2) is 5.78 Å². The molecule has 0 spiro atoms. The molecule has 9 nitrogen and oxygen atoms in total. The molecule has 2 aliphatic heterocycles. The Morgan fingerprint density at radius 3 is 2.18 bits per heavy atom. The first-order chi connectivity index (χ1) is 28.7. The second-order valence-electron chi connectivity index (χ2n) is 18.3. The summed E-state index contributed by atoms with van der Waals surface area (Å²) in [7, 11) is 1.34. The van der Waals surface area contributed by atoms with E-state index in [1.54, 1.807) is 0 Å². The molecule has 0 saturated carbocycles. The molecule has 0 radical (unpaired) electrons. The largest absolute Gasteiger partial charge is 0.468 e. The van der Waals surface area contributed by atoms with E-state index in [9.17, 15) is 14.4 Å². The summed E-state index contributed by atoms with van der Waals surface area (Å²) in [4.78, 5) is 52.7. The van der Waals surface area contributed by atoms with Crippen LogP contribution in [0.25, 0.3) is 11.6 Å². The number of hydrogen-bond acceptors (Lipinski definition) is 6. The van der Waals surface area contributed by atoms with Crippen LogP contribution in [0.15, 0.2) is 23.0 Å². The van der Waals surface area contributed by atoms with E-state index in [1.807, 2.05) is 13.0 Å². The number of Topliss-reactive ketones (excluding diaryl/α,β-unsaturated/α-hetero) is 1. The van der Waals surface area contributed by atoms with Crippen LogP contribution in [0, 0.1) is 50.4 Å². The highest BCUT2D eigenvalue weighted by molar-refractivity contribution is 6.24. The minimum Gasteiger partial charge on any atom is -0.468 e. The maximum Gasteiger partial charge on any atom is 0.321 e. The Labute approximate surface area is 359 Å². The van der Waals surface area contributed by atoms with Crippen LogP contribution < -0.4 is 5.32 Å². The number of rotatable bonds is 17. The van der Waals surface area contributed by atoms with Gasteiger partial charge in [-0.3, -0.25) is 14.4 Å². The number of ketones is 1. The average molecular weight is 821 g/mol. The average Bonchev–Trinajstić information content (AvgIpc) is 3.97. The molecule has 5 heterocycles. The maximum absolute atomic E-state index is 14.4. The van der Waals surface area contributed by atoms with Gasteiger partial charge < -0.3 is 29.7 Å². The van der Waals surface area contributed by atoms with Gasteiger partial charge >= 0.3 is 11.9 Å². The van der Waals surface area contributed by atoms with Crippen LogP contribution in [0.5, 0.6) is 0 Å². The Bertz CT molecular complexity index is 2170. The number of fused-ring (bicyclic) bond motifs is 7. The topological polar surface area (TPSA) is 129 Å². The van der Waals surface area contributed by atoms with Crippen LogP contribution in [0.1, 0.15) is 179 Å². The highest BCUT2D eigenvalue weighted by Gasteiger charge is 2.48. The van der Waals surface area contributed by atoms with Gasteiger partial charge in [0.1, 0.15) is 12.5 Å². The smallest absolute Gasteiger partial charge is 0.321 e. The summed E-state index contributed by atoms with van der Waals surface area (Å²) in [6.07, 6.45) is 16.7. The molecule has 0 aromatic carbocycles. The molecule has 6 rings (SSSR count). The molecule has 3 aromatic heterocycles. The highest BCUT2D eigenvalue weighted by Crippen LogP contribution is 2.48. The normalized spacial score (nSPS) is 21.8. The fourth-order valence-corrected chi connectivity index (χ4v) is 10.2. The SMILES string of the molecule is CCc1c2[nH]c(c1C)/C=C1\N/C(=C3\c4[nH]c(c(C)c4C(=O)[C@@H]3C(=O)OC)Cc3[nH]c(c(C)c3CC)C2)[C@@H](CCC(=O)OC/C=C(\C)CCC[C@H](C)CCC[C@H](C)CC)[C@@H]1C. The lowest BCUT2D eigenvalue weighted by molar-refractivity contribution is -0.143. The molecule has 8 bridgehead atoms. The van der Waals surface area contributed by atoms with Crippen molar-refractivity contribution in [2.75, 3.05) is 13.7 Å². The Hall–Kier alpha value is -4.53. The zero-order valence-corrected chi connectivity index (χ0v) is 38.5. The van der Waals surface area contributed by atoms with Gasteiger partial charge in [0, 0.05) is 82.1 Å². The minimum absolute atomic E-state index is 0.0420. The molecule has 5 atom stereocenters. The third-order valence-corrected chi connectivity index (χ3v) is 14.4. The summed E-state index contributed by atoms with van der Waals surface area (Å²) in [6.45, 7) is 22.3. The van der Waals surface area contributed by atoms with Crippen molar-refractivity contribution in [3.63, 3.8) is 0 Å². The molecule has 0 unspecified atom stereocenters. The van der Waals surface area contributed by atoms with Crippen molar-refractivity contribution in [2.45, 2.75) is 153 Å². The van der Waals surface area contributed by atoms with E-state index in [0.717, 1.165) is 78.0 Å².